The number of nitrogens with one attached hydrogen (secondary N) is 1. The van der Waals surface area contributed by atoms with Crippen molar-refractivity contribution in [1.82, 2.24) is 10.2 Å². The fraction of sp³-hybridized carbons (Fsp3) is 0.348. The molecule has 158 valence electrons. The van der Waals surface area contributed by atoms with Gasteiger partial charge in [0, 0.05) is 5.75 Å². The van der Waals surface area contributed by atoms with Crippen molar-refractivity contribution in [3.63, 3.8) is 0 Å². The maximum atomic E-state index is 12.6. The molecule has 1 unspecified atom stereocenters. The van der Waals surface area contributed by atoms with E-state index in [1.54, 1.807) is 18.7 Å². The van der Waals surface area contributed by atoms with Crippen LogP contribution < -0.4 is 10.1 Å². The first-order valence-electron chi connectivity index (χ1n) is 9.91. The van der Waals surface area contributed by atoms with Crippen molar-refractivity contribution in [3.8, 4) is 5.75 Å². The monoisotopic (exact) mass is 441 g/mol. The van der Waals surface area contributed by atoms with E-state index in [9.17, 15) is 4.79 Å². The van der Waals surface area contributed by atoms with Gasteiger partial charge in [0.1, 0.15) is 5.75 Å². The number of hydrogen-bond donors (Lipinski definition) is 1. The van der Waals surface area contributed by atoms with Crippen LogP contribution in [-0.2, 0) is 10.5 Å². The molecule has 1 heterocycles. The maximum absolute atomic E-state index is 12.6. The molecule has 3 rings (SSSR count). The van der Waals surface area contributed by atoms with Gasteiger partial charge in [-0.1, -0.05) is 78.9 Å². The fourth-order valence-corrected chi connectivity index (χ4v) is 4.53. The Kier molecular flexibility index (Phi) is 7.50. The highest BCUT2D eigenvalue weighted by molar-refractivity contribution is 8.00. The van der Waals surface area contributed by atoms with E-state index >= 15 is 0 Å². The largest absolute Gasteiger partial charge is 0.481 e. The number of carbonyl (C=O) groups is 1. The van der Waals surface area contributed by atoms with Crippen LogP contribution in [0.15, 0.2) is 46.8 Å². The van der Waals surface area contributed by atoms with Crippen LogP contribution in [0.2, 0.25) is 0 Å². The zero-order chi connectivity index (χ0) is 21.7. The number of ether oxygens (including phenoxy) is 1. The van der Waals surface area contributed by atoms with Gasteiger partial charge in [-0.3, -0.25) is 10.1 Å². The Morgan fingerprint density at radius 3 is 2.47 bits per heavy atom. The second-order valence-electron chi connectivity index (χ2n) is 7.59. The second kappa shape index (κ2) is 10.1. The van der Waals surface area contributed by atoms with E-state index in [0.717, 1.165) is 27.0 Å². The van der Waals surface area contributed by atoms with Crippen molar-refractivity contribution < 1.29 is 9.53 Å². The second-order valence-corrected chi connectivity index (χ2v) is 9.79. The van der Waals surface area contributed by atoms with Crippen molar-refractivity contribution in [1.29, 1.82) is 0 Å². The normalized spacial score (nSPS) is 12.1. The van der Waals surface area contributed by atoms with E-state index in [2.05, 4.69) is 72.7 Å². The number of carbonyl (C=O) groups excluding carboxylic acids is 1. The van der Waals surface area contributed by atoms with Crippen molar-refractivity contribution >= 4 is 34.1 Å². The van der Waals surface area contributed by atoms with Crippen LogP contribution in [0.3, 0.4) is 0 Å². The fourth-order valence-electron chi connectivity index (χ4n) is 2.82. The first-order valence-corrected chi connectivity index (χ1v) is 11.7. The molecule has 1 aromatic heterocycles. The van der Waals surface area contributed by atoms with Gasteiger partial charge in [0.15, 0.2) is 10.4 Å². The summed E-state index contributed by atoms with van der Waals surface area (Å²) < 4.78 is 6.80. The summed E-state index contributed by atoms with van der Waals surface area (Å²) in [5.74, 6) is 1.64. The molecule has 2 aromatic carbocycles. The van der Waals surface area contributed by atoms with Gasteiger partial charge in [-0.05, 0) is 49.4 Å². The lowest BCUT2D eigenvalue weighted by Crippen LogP contribution is -2.30. The van der Waals surface area contributed by atoms with Crippen molar-refractivity contribution in [2.45, 2.75) is 56.7 Å². The summed E-state index contributed by atoms with van der Waals surface area (Å²) >= 11 is 2.98. The topological polar surface area (TPSA) is 64.1 Å². The quantitative estimate of drug-likeness (QED) is 0.344. The maximum Gasteiger partial charge on any atom is 0.266 e. The van der Waals surface area contributed by atoms with Crippen molar-refractivity contribution in [3.05, 3.63) is 64.7 Å². The van der Waals surface area contributed by atoms with Crippen molar-refractivity contribution in [2.24, 2.45) is 0 Å². The van der Waals surface area contributed by atoms with Crippen LogP contribution in [0.4, 0.5) is 5.13 Å². The lowest BCUT2D eigenvalue weighted by molar-refractivity contribution is -0.122. The average molecular weight is 442 g/mol. The van der Waals surface area contributed by atoms with Gasteiger partial charge >= 0.3 is 0 Å². The zero-order valence-electron chi connectivity index (χ0n) is 17.9. The highest BCUT2D eigenvalue weighted by Gasteiger charge is 2.19. The molecule has 7 heteroatoms. The summed E-state index contributed by atoms with van der Waals surface area (Å²) in [6.45, 7) is 10.1. The van der Waals surface area contributed by atoms with Gasteiger partial charge < -0.3 is 4.74 Å². The molecule has 1 amide bonds. The van der Waals surface area contributed by atoms with Crippen LogP contribution in [0, 0.1) is 13.8 Å². The molecule has 0 saturated heterocycles. The minimum atomic E-state index is -0.642. The molecule has 30 heavy (non-hydrogen) atoms. The van der Waals surface area contributed by atoms with Crippen molar-refractivity contribution in [2.75, 3.05) is 5.32 Å². The molecule has 1 atom stereocenters. The number of anilines is 1. The van der Waals surface area contributed by atoms with Crippen LogP contribution in [0.1, 0.15) is 48.9 Å². The van der Waals surface area contributed by atoms with E-state index in [4.69, 9.17) is 4.74 Å². The smallest absolute Gasteiger partial charge is 0.266 e. The third-order valence-electron chi connectivity index (χ3n) is 4.58. The van der Waals surface area contributed by atoms with Gasteiger partial charge in [0.2, 0.25) is 5.13 Å². The van der Waals surface area contributed by atoms with Crippen LogP contribution in [0.5, 0.6) is 5.75 Å². The van der Waals surface area contributed by atoms with Gasteiger partial charge in [-0.25, -0.2) is 0 Å². The molecule has 0 saturated carbocycles. The number of aromatic nitrogens is 2. The Hall–Kier alpha value is -2.38. The first-order chi connectivity index (χ1) is 14.3. The molecule has 0 aliphatic rings. The molecule has 5 nitrogen and oxygen atoms in total. The molecule has 0 radical (unpaired) electrons. The molecule has 0 fully saturated rings. The average Bonchev–Trinajstić information content (AvgIpc) is 3.14. The number of rotatable bonds is 8. The van der Waals surface area contributed by atoms with E-state index in [1.807, 2.05) is 13.0 Å². The van der Waals surface area contributed by atoms with E-state index in [1.165, 1.54) is 22.5 Å². The van der Waals surface area contributed by atoms with Crippen LogP contribution in [-0.4, -0.2) is 22.2 Å². The van der Waals surface area contributed by atoms with E-state index in [0.29, 0.717) is 11.0 Å². The summed E-state index contributed by atoms with van der Waals surface area (Å²) in [6.07, 6.45) is -0.642. The Morgan fingerprint density at radius 1 is 1.07 bits per heavy atom. The van der Waals surface area contributed by atoms with Gasteiger partial charge in [0.25, 0.3) is 5.91 Å². The standard InChI is InChI=1S/C23H27N3O2S2/c1-14(2)19-11-8-16(4)12-20(19)28-17(5)21(27)24-22-25-26-23(30-22)29-13-18-9-6-15(3)7-10-18/h6-12,14,17H,13H2,1-5H3,(H,24,25,27). The summed E-state index contributed by atoms with van der Waals surface area (Å²) in [7, 11) is 0. The number of benzene rings is 2. The SMILES string of the molecule is Cc1ccc(CSc2nnc(NC(=O)C(C)Oc3cc(C)ccc3C(C)C)s2)cc1. The number of nitrogens with zero attached hydrogens (tertiary/aromatic N) is 2. The van der Waals surface area contributed by atoms with Crippen LogP contribution in [0.25, 0.3) is 0 Å². The predicted octanol–water partition coefficient (Wildman–Crippen LogP) is 5.98. The molecule has 1 N–H and O–H groups in total. The Morgan fingerprint density at radius 2 is 1.77 bits per heavy atom. The summed E-state index contributed by atoms with van der Waals surface area (Å²) in [4.78, 5) is 12.6. The lowest BCUT2D eigenvalue weighted by atomic mass is 10.0. The number of aryl methyl sites for hydroxylation is 2. The minimum absolute atomic E-state index is 0.238. The molecule has 0 aliphatic heterocycles. The Balaban J connectivity index is 1.57. The Bertz CT molecular complexity index is 1000. The van der Waals surface area contributed by atoms with Gasteiger partial charge in [-0.15, -0.1) is 10.2 Å². The van der Waals surface area contributed by atoms with Gasteiger partial charge in [0.05, 0.1) is 0 Å². The van der Waals surface area contributed by atoms with E-state index < -0.39 is 6.10 Å². The third-order valence-corrected chi connectivity index (χ3v) is 6.63. The highest BCUT2D eigenvalue weighted by atomic mass is 32.2. The van der Waals surface area contributed by atoms with Gasteiger partial charge in [-0.2, -0.15) is 0 Å². The summed E-state index contributed by atoms with van der Waals surface area (Å²) in [5.41, 5.74) is 4.66. The van der Waals surface area contributed by atoms with E-state index in [-0.39, 0.29) is 5.91 Å². The molecule has 0 bridgehead atoms. The predicted molar refractivity (Wildman–Crippen MR) is 125 cm³/mol. The molecular weight excluding hydrogens is 414 g/mol. The van der Waals surface area contributed by atoms with Crippen LogP contribution >= 0.6 is 23.1 Å². The Labute approximate surface area is 186 Å². The lowest BCUT2D eigenvalue weighted by Gasteiger charge is -2.18. The zero-order valence-corrected chi connectivity index (χ0v) is 19.6. The summed E-state index contributed by atoms with van der Waals surface area (Å²) in [6, 6.07) is 14.5. The molecule has 3 aromatic rings. The number of thioether (sulfide) groups is 1. The molecule has 0 spiro atoms. The highest BCUT2D eigenvalue weighted by Crippen LogP contribution is 2.30. The minimum Gasteiger partial charge on any atom is -0.481 e. The number of hydrogen-bond acceptors (Lipinski definition) is 6. The third kappa shape index (κ3) is 6.06. The molecule has 0 aliphatic carbocycles. The summed E-state index contributed by atoms with van der Waals surface area (Å²) in [5, 5.41) is 11.6. The molecular formula is C23H27N3O2S2. The number of amides is 1. The first kappa shape index (κ1) is 22.3.